The average Bonchev–Trinajstić information content (AvgIpc) is 3.07. The van der Waals surface area contributed by atoms with Crippen molar-refractivity contribution in [3.63, 3.8) is 0 Å². The van der Waals surface area contributed by atoms with Gasteiger partial charge in [-0.1, -0.05) is 6.07 Å². The molecule has 16 heavy (non-hydrogen) atoms. The van der Waals surface area contributed by atoms with Crippen LogP contribution >= 0.6 is 0 Å². The van der Waals surface area contributed by atoms with Crippen molar-refractivity contribution >= 4 is 17.3 Å². The molecule has 0 radical (unpaired) electrons. The van der Waals surface area contributed by atoms with Crippen molar-refractivity contribution in [1.82, 2.24) is 0 Å². The molecule has 1 N–H and O–H groups in total. The number of benzene rings is 1. The fourth-order valence-corrected chi connectivity index (χ4v) is 2.42. The number of nitrogens with one attached hydrogen (secondary N) is 1. The number of fused-ring (bicyclic) bond motifs is 1. The van der Waals surface area contributed by atoms with Gasteiger partial charge in [0, 0.05) is 7.05 Å². The first-order chi connectivity index (χ1) is 7.69. The van der Waals surface area contributed by atoms with Gasteiger partial charge >= 0.3 is 0 Å². The first-order valence-corrected chi connectivity index (χ1v) is 5.41. The van der Waals surface area contributed by atoms with Gasteiger partial charge in [0.15, 0.2) is 0 Å². The number of para-hydroxylation sites is 1. The average molecular weight is 218 g/mol. The third-order valence-electron chi connectivity index (χ3n) is 3.59. The third kappa shape index (κ3) is 1.01. The maximum Gasteiger partial charge on any atom is 0.250 e. The second kappa shape index (κ2) is 2.90. The molecule has 0 bridgehead atoms. The molecule has 2 aliphatic rings. The monoisotopic (exact) mass is 218 g/mol. The van der Waals surface area contributed by atoms with Gasteiger partial charge in [0.1, 0.15) is 17.0 Å². The number of methoxy groups -OCH3 is 1. The van der Waals surface area contributed by atoms with Crippen LogP contribution in [0.15, 0.2) is 18.2 Å². The Morgan fingerprint density at radius 3 is 2.81 bits per heavy atom. The lowest BCUT2D eigenvalue weighted by atomic mass is 10.1. The normalized spacial score (nSPS) is 20.4. The summed E-state index contributed by atoms with van der Waals surface area (Å²) in [5.41, 5.74) is 1.51. The Balaban J connectivity index is 2.16. The largest absolute Gasteiger partial charge is 0.495 e. The van der Waals surface area contributed by atoms with Gasteiger partial charge in [0.2, 0.25) is 5.91 Å². The number of anilines is 2. The van der Waals surface area contributed by atoms with Gasteiger partial charge in [0.05, 0.1) is 12.8 Å². The standard InChI is InChI=1S/C12H14N2O2/c1-14-10-8(4-3-5-9(10)16-2)13-11(15)12(14)6-7-12/h3-5H,6-7H2,1-2H3,(H,13,15). The van der Waals surface area contributed by atoms with E-state index < -0.39 is 0 Å². The van der Waals surface area contributed by atoms with E-state index in [2.05, 4.69) is 10.2 Å². The van der Waals surface area contributed by atoms with Crippen molar-refractivity contribution in [2.24, 2.45) is 0 Å². The van der Waals surface area contributed by atoms with Crippen LogP contribution in [0.3, 0.4) is 0 Å². The van der Waals surface area contributed by atoms with E-state index in [1.54, 1.807) is 7.11 Å². The second-order valence-electron chi connectivity index (χ2n) is 4.40. The van der Waals surface area contributed by atoms with Gasteiger partial charge in [0.25, 0.3) is 0 Å². The van der Waals surface area contributed by atoms with Gasteiger partial charge in [-0.3, -0.25) is 4.79 Å². The molecule has 1 aliphatic heterocycles. The molecule has 1 aromatic rings. The Morgan fingerprint density at radius 1 is 1.44 bits per heavy atom. The van der Waals surface area contributed by atoms with Crippen molar-refractivity contribution in [1.29, 1.82) is 0 Å². The Labute approximate surface area is 94.2 Å². The summed E-state index contributed by atoms with van der Waals surface area (Å²) < 4.78 is 5.35. The summed E-state index contributed by atoms with van der Waals surface area (Å²) in [6, 6.07) is 5.71. The quantitative estimate of drug-likeness (QED) is 0.778. The molecule has 4 heteroatoms. The van der Waals surface area contributed by atoms with Crippen LogP contribution in [-0.4, -0.2) is 25.6 Å². The lowest BCUT2D eigenvalue weighted by Crippen LogP contribution is -2.48. The number of nitrogens with zero attached hydrogens (tertiary/aromatic N) is 1. The summed E-state index contributed by atoms with van der Waals surface area (Å²) in [7, 11) is 3.62. The molecule has 3 rings (SSSR count). The minimum Gasteiger partial charge on any atom is -0.495 e. The molecule has 1 aromatic carbocycles. The number of hydrogen-bond acceptors (Lipinski definition) is 3. The van der Waals surface area contributed by atoms with Crippen molar-refractivity contribution < 1.29 is 9.53 Å². The molecule has 1 fully saturated rings. The molecule has 0 saturated heterocycles. The highest BCUT2D eigenvalue weighted by Crippen LogP contribution is 2.51. The highest BCUT2D eigenvalue weighted by molar-refractivity contribution is 6.09. The summed E-state index contributed by atoms with van der Waals surface area (Å²) in [4.78, 5) is 14.0. The van der Waals surface area contributed by atoms with Crippen LogP contribution < -0.4 is 15.0 Å². The van der Waals surface area contributed by atoms with Gasteiger partial charge in [-0.15, -0.1) is 0 Å². The topological polar surface area (TPSA) is 41.6 Å². The van der Waals surface area contributed by atoms with Crippen LogP contribution in [-0.2, 0) is 4.79 Å². The van der Waals surface area contributed by atoms with E-state index in [0.717, 1.165) is 30.0 Å². The highest BCUT2D eigenvalue weighted by Gasteiger charge is 2.56. The van der Waals surface area contributed by atoms with Gasteiger partial charge in [-0.25, -0.2) is 0 Å². The maximum atomic E-state index is 12.0. The first-order valence-electron chi connectivity index (χ1n) is 5.41. The van der Waals surface area contributed by atoms with E-state index >= 15 is 0 Å². The molecule has 0 aromatic heterocycles. The van der Waals surface area contributed by atoms with E-state index in [9.17, 15) is 4.79 Å². The molecule has 1 saturated carbocycles. The van der Waals surface area contributed by atoms with Gasteiger partial charge in [-0.05, 0) is 25.0 Å². The molecular formula is C12H14N2O2. The van der Waals surface area contributed by atoms with E-state index in [0.29, 0.717) is 0 Å². The minimum atomic E-state index is -0.318. The fourth-order valence-electron chi connectivity index (χ4n) is 2.42. The van der Waals surface area contributed by atoms with Crippen LogP contribution in [0.4, 0.5) is 11.4 Å². The van der Waals surface area contributed by atoms with E-state index in [-0.39, 0.29) is 11.4 Å². The molecule has 1 aliphatic carbocycles. The molecule has 4 nitrogen and oxygen atoms in total. The SMILES string of the molecule is COc1cccc2c1N(C)C1(CC1)C(=O)N2. The summed E-state index contributed by atoms with van der Waals surface area (Å²) in [6.07, 6.45) is 1.85. The maximum absolute atomic E-state index is 12.0. The summed E-state index contributed by atoms with van der Waals surface area (Å²) in [5, 5.41) is 2.96. The Bertz CT molecular complexity index is 466. The van der Waals surface area contributed by atoms with Gasteiger partial charge in [-0.2, -0.15) is 0 Å². The minimum absolute atomic E-state index is 0.107. The predicted molar refractivity (Wildman–Crippen MR) is 62.0 cm³/mol. The number of hydrogen-bond donors (Lipinski definition) is 1. The van der Waals surface area contributed by atoms with Crippen LogP contribution in [0.1, 0.15) is 12.8 Å². The Hall–Kier alpha value is -1.71. The zero-order valence-electron chi connectivity index (χ0n) is 9.41. The van der Waals surface area contributed by atoms with Crippen molar-refractivity contribution in [3.8, 4) is 5.75 Å². The molecule has 1 spiro atoms. The number of ether oxygens (including phenoxy) is 1. The smallest absolute Gasteiger partial charge is 0.250 e. The lowest BCUT2D eigenvalue weighted by molar-refractivity contribution is -0.118. The number of rotatable bonds is 1. The molecule has 1 heterocycles. The van der Waals surface area contributed by atoms with Crippen LogP contribution in [0.25, 0.3) is 0 Å². The van der Waals surface area contributed by atoms with Crippen molar-refractivity contribution in [2.75, 3.05) is 24.4 Å². The Kier molecular flexibility index (Phi) is 1.73. The third-order valence-corrected chi connectivity index (χ3v) is 3.59. The highest BCUT2D eigenvalue weighted by atomic mass is 16.5. The molecule has 0 atom stereocenters. The molecule has 84 valence electrons. The zero-order chi connectivity index (χ0) is 11.3. The number of carbonyl (C=O) groups is 1. The summed E-state index contributed by atoms with van der Waals surface area (Å²) >= 11 is 0. The predicted octanol–water partition coefficient (Wildman–Crippen LogP) is 1.62. The molecule has 0 unspecified atom stereocenters. The van der Waals surface area contributed by atoms with Crippen molar-refractivity contribution in [2.45, 2.75) is 18.4 Å². The lowest BCUT2D eigenvalue weighted by Gasteiger charge is -2.36. The second-order valence-corrected chi connectivity index (χ2v) is 4.40. The number of carbonyl (C=O) groups excluding carboxylic acids is 1. The van der Waals surface area contributed by atoms with E-state index in [1.807, 2.05) is 25.2 Å². The summed E-state index contributed by atoms with van der Waals surface area (Å²) in [6.45, 7) is 0. The van der Waals surface area contributed by atoms with Crippen molar-refractivity contribution in [3.05, 3.63) is 18.2 Å². The van der Waals surface area contributed by atoms with E-state index in [1.165, 1.54) is 0 Å². The van der Waals surface area contributed by atoms with E-state index in [4.69, 9.17) is 4.74 Å². The van der Waals surface area contributed by atoms with Crippen LogP contribution in [0, 0.1) is 0 Å². The Morgan fingerprint density at radius 2 is 2.19 bits per heavy atom. The number of amides is 1. The van der Waals surface area contributed by atoms with Crippen LogP contribution in [0.5, 0.6) is 5.75 Å². The zero-order valence-corrected chi connectivity index (χ0v) is 9.41. The van der Waals surface area contributed by atoms with Crippen LogP contribution in [0.2, 0.25) is 0 Å². The first kappa shape index (κ1) is 9.51. The molecule has 1 amide bonds. The number of likely N-dealkylation sites (N-methyl/N-ethyl adjacent to an activating group) is 1. The molecular weight excluding hydrogens is 204 g/mol. The summed E-state index contributed by atoms with van der Waals surface area (Å²) in [5.74, 6) is 0.919. The fraction of sp³-hybridized carbons (Fsp3) is 0.417. The van der Waals surface area contributed by atoms with Gasteiger partial charge < -0.3 is 15.0 Å².